The third-order valence-electron chi connectivity index (χ3n) is 3.10. The number of aromatic nitrogens is 3. The summed E-state index contributed by atoms with van der Waals surface area (Å²) in [6.45, 7) is 2.70. The van der Waals surface area contributed by atoms with E-state index in [-0.39, 0.29) is 0 Å². The fraction of sp³-hybridized carbons (Fsp3) is 0.267. The number of hydrogen-bond acceptors (Lipinski definition) is 5. The van der Waals surface area contributed by atoms with E-state index in [2.05, 4.69) is 17.0 Å². The van der Waals surface area contributed by atoms with Gasteiger partial charge in [0.25, 0.3) is 0 Å². The van der Waals surface area contributed by atoms with Gasteiger partial charge in [-0.1, -0.05) is 29.0 Å². The average Bonchev–Trinajstić information content (AvgIpc) is 3.05. The quantitative estimate of drug-likeness (QED) is 0.519. The Morgan fingerprint density at radius 3 is 2.90 bits per heavy atom. The number of aldehydes is 1. The topological polar surface area (TPSA) is 56.5 Å². The maximum absolute atomic E-state index is 10.8. The normalized spacial score (nSPS) is 10.9. The Bertz CT molecular complexity index is 746. The molecule has 3 rings (SSSR count). The van der Waals surface area contributed by atoms with Crippen LogP contribution >= 0.6 is 11.3 Å². The standard InChI is InChI=1S/C15H15N3O2S/c1-11-4-6-13(7-5-11)20-8-2-3-14-17-18-12(10-19)9-16-15(18)21-14/h4-7,9-10H,2-3,8H2,1H3. The van der Waals surface area contributed by atoms with E-state index in [9.17, 15) is 4.79 Å². The van der Waals surface area contributed by atoms with E-state index in [1.807, 2.05) is 24.3 Å². The van der Waals surface area contributed by atoms with Gasteiger partial charge in [0, 0.05) is 6.42 Å². The lowest BCUT2D eigenvalue weighted by Crippen LogP contribution is -2.00. The first-order chi connectivity index (χ1) is 10.3. The van der Waals surface area contributed by atoms with E-state index in [1.54, 1.807) is 4.52 Å². The lowest BCUT2D eigenvalue weighted by molar-refractivity contribution is 0.111. The fourth-order valence-electron chi connectivity index (χ4n) is 1.98. The molecule has 5 nitrogen and oxygen atoms in total. The molecule has 6 heteroatoms. The lowest BCUT2D eigenvalue weighted by atomic mass is 10.2. The molecule has 2 heterocycles. The molecule has 0 N–H and O–H groups in total. The summed E-state index contributed by atoms with van der Waals surface area (Å²) in [5.74, 6) is 0.887. The molecule has 0 spiro atoms. The van der Waals surface area contributed by atoms with Gasteiger partial charge in [0.05, 0.1) is 12.8 Å². The Morgan fingerprint density at radius 2 is 2.14 bits per heavy atom. The fourth-order valence-corrected chi connectivity index (χ4v) is 2.90. The molecule has 0 saturated carbocycles. The predicted molar refractivity (Wildman–Crippen MR) is 81.2 cm³/mol. The molecule has 0 bridgehead atoms. The second-order valence-corrected chi connectivity index (χ2v) is 5.80. The first-order valence-corrected chi connectivity index (χ1v) is 7.56. The highest BCUT2D eigenvalue weighted by Crippen LogP contribution is 2.17. The van der Waals surface area contributed by atoms with E-state index in [1.165, 1.54) is 23.1 Å². The monoisotopic (exact) mass is 301 g/mol. The lowest BCUT2D eigenvalue weighted by Gasteiger charge is -2.05. The number of imidazole rings is 1. The second-order valence-electron chi connectivity index (χ2n) is 4.76. The first kappa shape index (κ1) is 13.8. The Labute approximate surface area is 126 Å². The van der Waals surface area contributed by atoms with Crippen LogP contribution in [0.25, 0.3) is 4.96 Å². The number of hydrogen-bond donors (Lipinski definition) is 0. The van der Waals surface area contributed by atoms with Crippen molar-refractivity contribution in [3.63, 3.8) is 0 Å². The number of rotatable bonds is 6. The minimum absolute atomic E-state index is 0.489. The van der Waals surface area contributed by atoms with Crippen molar-refractivity contribution in [3.8, 4) is 5.75 Å². The van der Waals surface area contributed by atoms with Gasteiger partial charge in [-0.3, -0.25) is 4.79 Å². The number of ether oxygens (including phenoxy) is 1. The third-order valence-corrected chi connectivity index (χ3v) is 4.08. The SMILES string of the molecule is Cc1ccc(OCCCc2nn3c(C=O)cnc3s2)cc1. The van der Waals surface area contributed by atoms with Crippen molar-refractivity contribution in [1.82, 2.24) is 14.6 Å². The molecule has 0 amide bonds. The van der Waals surface area contributed by atoms with Crippen LogP contribution < -0.4 is 4.74 Å². The molecule has 0 aliphatic heterocycles. The predicted octanol–water partition coefficient (Wildman–Crippen LogP) is 2.92. The van der Waals surface area contributed by atoms with Crippen molar-refractivity contribution < 1.29 is 9.53 Å². The summed E-state index contributed by atoms with van der Waals surface area (Å²) in [6.07, 6.45) is 4.00. The van der Waals surface area contributed by atoms with Gasteiger partial charge in [0.2, 0.25) is 4.96 Å². The number of carbonyl (C=O) groups excluding carboxylic acids is 1. The van der Waals surface area contributed by atoms with Gasteiger partial charge in [-0.05, 0) is 25.5 Å². The number of aryl methyl sites for hydroxylation is 2. The van der Waals surface area contributed by atoms with Crippen LogP contribution in [0, 0.1) is 6.92 Å². The molecule has 2 aromatic heterocycles. The van der Waals surface area contributed by atoms with Crippen molar-refractivity contribution >= 4 is 22.6 Å². The molecule has 0 radical (unpaired) electrons. The molecule has 3 aromatic rings. The molecule has 1 aromatic carbocycles. The van der Waals surface area contributed by atoms with Gasteiger partial charge >= 0.3 is 0 Å². The van der Waals surface area contributed by atoms with Crippen LogP contribution in [0.15, 0.2) is 30.5 Å². The maximum Gasteiger partial charge on any atom is 0.212 e. The van der Waals surface area contributed by atoms with Gasteiger partial charge < -0.3 is 4.74 Å². The van der Waals surface area contributed by atoms with Crippen molar-refractivity contribution in [1.29, 1.82) is 0 Å². The summed E-state index contributed by atoms with van der Waals surface area (Å²) in [5, 5.41) is 5.35. The van der Waals surface area contributed by atoms with Crippen LogP contribution in [0.2, 0.25) is 0 Å². The zero-order chi connectivity index (χ0) is 14.7. The molecule has 0 unspecified atom stereocenters. The van der Waals surface area contributed by atoms with Crippen molar-refractivity contribution in [2.24, 2.45) is 0 Å². The number of fused-ring (bicyclic) bond motifs is 1. The van der Waals surface area contributed by atoms with Gasteiger partial charge in [-0.15, -0.1) is 0 Å². The number of benzene rings is 1. The zero-order valence-corrected chi connectivity index (χ0v) is 12.5. The van der Waals surface area contributed by atoms with Crippen LogP contribution in [0.4, 0.5) is 0 Å². The Hall–Kier alpha value is -2.21. The summed E-state index contributed by atoms with van der Waals surface area (Å²) in [7, 11) is 0. The first-order valence-electron chi connectivity index (χ1n) is 6.74. The summed E-state index contributed by atoms with van der Waals surface area (Å²) >= 11 is 1.51. The summed E-state index contributed by atoms with van der Waals surface area (Å²) < 4.78 is 7.27. The Balaban J connectivity index is 1.53. The summed E-state index contributed by atoms with van der Waals surface area (Å²) in [6, 6.07) is 8.02. The molecule has 0 atom stereocenters. The van der Waals surface area contributed by atoms with Crippen molar-refractivity contribution in [2.75, 3.05) is 6.61 Å². The van der Waals surface area contributed by atoms with Crippen LogP contribution in [0.1, 0.15) is 27.5 Å². The van der Waals surface area contributed by atoms with Gasteiger partial charge in [0.1, 0.15) is 16.5 Å². The van der Waals surface area contributed by atoms with E-state index in [4.69, 9.17) is 4.74 Å². The summed E-state index contributed by atoms with van der Waals surface area (Å²) in [4.78, 5) is 15.7. The molecule has 0 saturated heterocycles. The molecule has 0 fully saturated rings. The minimum Gasteiger partial charge on any atom is -0.494 e. The van der Waals surface area contributed by atoms with Gasteiger partial charge in [-0.2, -0.15) is 5.10 Å². The van der Waals surface area contributed by atoms with Crippen LogP contribution in [0.3, 0.4) is 0 Å². The van der Waals surface area contributed by atoms with E-state index in [0.29, 0.717) is 12.3 Å². The number of nitrogens with zero attached hydrogens (tertiary/aromatic N) is 3. The Morgan fingerprint density at radius 1 is 1.33 bits per heavy atom. The summed E-state index contributed by atoms with van der Waals surface area (Å²) in [5.41, 5.74) is 1.71. The van der Waals surface area contributed by atoms with E-state index < -0.39 is 0 Å². The largest absolute Gasteiger partial charge is 0.494 e. The van der Waals surface area contributed by atoms with Crippen LogP contribution in [0.5, 0.6) is 5.75 Å². The molecule has 108 valence electrons. The van der Waals surface area contributed by atoms with Crippen molar-refractivity contribution in [2.45, 2.75) is 19.8 Å². The van der Waals surface area contributed by atoms with Crippen LogP contribution in [-0.2, 0) is 6.42 Å². The highest BCUT2D eigenvalue weighted by atomic mass is 32.1. The Kier molecular flexibility index (Phi) is 3.96. The smallest absolute Gasteiger partial charge is 0.212 e. The molecular weight excluding hydrogens is 286 g/mol. The zero-order valence-electron chi connectivity index (χ0n) is 11.7. The van der Waals surface area contributed by atoms with Crippen LogP contribution in [-0.4, -0.2) is 27.5 Å². The maximum atomic E-state index is 10.8. The minimum atomic E-state index is 0.489. The number of carbonyl (C=O) groups is 1. The van der Waals surface area contributed by atoms with Crippen molar-refractivity contribution in [3.05, 3.63) is 46.7 Å². The highest BCUT2D eigenvalue weighted by Gasteiger charge is 2.08. The average molecular weight is 301 g/mol. The third kappa shape index (κ3) is 3.11. The molecule has 0 aliphatic rings. The van der Waals surface area contributed by atoms with E-state index >= 15 is 0 Å². The van der Waals surface area contributed by atoms with Gasteiger partial charge in [0.15, 0.2) is 6.29 Å². The highest BCUT2D eigenvalue weighted by molar-refractivity contribution is 7.16. The molecular formula is C15H15N3O2S. The van der Waals surface area contributed by atoms with Gasteiger partial charge in [-0.25, -0.2) is 9.50 Å². The molecule has 21 heavy (non-hydrogen) atoms. The molecule has 0 aliphatic carbocycles. The second kappa shape index (κ2) is 6.05. The van der Waals surface area contributed by atoms with E-state index in [0.717, 1.165) is 34.8 Å².